The molecule has 0 saturated carbocycles. The van der Waals surface area contributed by atoms with Gasteiger partial charge in [0.2, 0.25) is 5.82 Å². The van der Waals surface area contributed by atoms with Gasteiger partial charge < -0.3 is 14.6 Å². The fraction of sp³-hybridized carbons (Fsp3) is 0.263. The molecule has 8 heteroatoms. The van der Waals surface area contributed by atoms with Crippen molar-refractivity contribution in [3.05, 3.63) is 59.3 Å². The first-order valence-electron chi connectivity index (χ1n) is 8.52. The summed E-state index contributed by atoms with van der Waals surface area (Å²) in [6.45, 7) is 2.38. The number of carbonyl (C=O) groups excluding carboxylic acids is 2. The second-order valence-electron chi connectivity index (χ2n) is 6.30. The molecule has 3 rings (SSSR count). The van der Waals surface area contributed by atoms with Gasteiger partial charge in [0.15, 0.2) is 5.82 Å². The van der Waals surface area contributed by atoms with E-state index in [0.29, 0.717) is 29.9 Å². The van der Waals surface area contributed by atoms with E-state index in [9.17, 15) is 9.59 Å². The SMILES string of the molecule is Cc1ccc(CCNC(=O)c2ccc(-c3n[nH]c(C(=O)N(C)C)n3)cc2)o1. The van der Waals surface area contributed by atoms with Crippen LogP contribution in [0.3, 0.4) is 0 Å². The van der Waals surface area contributed by atoms with Crippen molar-refractivity contribution in [2.24, 2.45) is 0 Å². The van der Waals surface area contributed by atoms with Crippen LogP contribution >= 0.6 is 0 Å². The summed E-state index contributed by atoms with van der Waals surface area (Å²) in [6.07, 6.45) is 0.636. The van der Waals surface area contributed by atoms with E-state index in [1.807, 2.05) is 19.1 Å². The maximum atomic E-state index is 12.2. The number of amides is 2. The van der Waals surface area contributed by atoms with Crippen LogP contribution in [0.15, 0.2) is 40.8 Å². The predicted octanol–water partition coefficient (Wildman–Crippen LogP) is 2.05. The minimum Gasteiger partial charge on any atom is -0.466 e. The summed E-state index contributed by atoms with van der Waals surface area (Å²) in [6, 6.07) is 10.7. The number of nitrogens with one attached hydrogen (secondary N) is 2. The van der Waals surface area contributed by atoms with E-state index in [2.05, 4.69) is 20.5 Å². The predicted molar refractivity (Wildman–Crippen MR) is 99.3 cm³/mol. The average Bonchev–Trinajstić information content (AvgIpc) is 3.30. The van der Waals surface area contributed by atoms with Crippen LogP contribution in [0.1, 0.15) is 32.5 Å². The Balaban J connectivity index is 1.59. The first-order valence-corrected chi connectivity index (χ1v) is 8.52. The Labute approximate surface area is 156 Å². The molecular weight excluding hydrogens is 346 g/mol. The highest BCUT2D eigenvalue weighted by molar-refractivity contribution is 5.94. The Morgan fingerprint density at radius 3 is 2.52 bits per heavy atom. The molecular formula is C19H21N5O3. The van der Waals surface area contributed by atoms with Crippen molar-refractivity contribution in [2.75, 3.05) is 20.6 Å². The number of benzene rings is 1. The molecule has 0 aliphatic heterocycles. The van der Waals surface area contributed by atoms with Gasteiger partial charge in [-0.3, -0.25) is 14.7 Å². The number of carbonyl (C=O) groups is 2. The quantitative estimate of drug-likeness (QED) is 0.694. The van der Waals surface area contributed by atoms with E-state index in [0.717, 1.165) is 11.5 Å². The second-order valence-corrected chi connectivity index (χ2v) is 6.30. The second kappa shape index (κ2) is 7.86. The van der Waals surface area contributed by atoms with Crippen LogP contribution in [0.5, 0.6) is 0 Å². The summed E-state index contributed by atoms with van der Waals surface area (Å²) < 4.78 is 5.47. The lowest BCUT2D eigenvalue weighted by Gasteiger charge is -2.06. The van der Waals surface area contributed by atoms with E-state index < -0.39 is 0 Å². The first-order chi connectivity index (χ1) is 12.9. The minimum absolute atomic E-state index is 0.164. The number of aryl methyl sites for hydroxylation is 1. The van der Waals surface area contributed by atoms with Crippen molar-refractivity contribution in [3.8, 4) is 11.4 Å². The van der Waals surface area contributed by atoms with E-state index in [4.69, 9.17) is 4.42 Å². The molecule has 2 aromatic heterocycles. The third kappa shape index (κ3) is 4.41. The molecule has 2 heterocycles. The molecule has 2 amide bonds. The minimum atomic E-state index is -0.253. The molecule has 0 radical (unpaired) electrons. The molecule has 3 aromatic rings. The number of rotatable bonds is 6. The Morgan fingerprint density at radius 1 is 1.15 bits per heavy atom. The highest BCUT2D eigenvalue weighted by Crippen LogP contribution is 2.16. The maximum absolute atomic E-state index is 12.2. The van der Waals surface area contributed by atoms with Gasteiger partial charge in [0.25, 0.3) is 11.8 Å². The number of furan rings is 1. The fourth-order valence-electron chi connectivity index (χ4n) is 2.49. The zero-order valence-electron chi connectivity index (χ0n) is 15.4. The van der Waals surface area contributed by atoms with Gasteiger partial charge in [0, 0.05) is 38.2 Å². The third-order valence-corrected chi connectivity index (χ3v) is 3.95. The van der Waals surface area contributed by atoms with Gasteiger partial charge in [-0.2, -0.15) is 5.10 Å². The van der Waals surface area contributed by atoms with Gasteiger partial charge in [-0.1, -0.05) is 12.1 Å². The summed E-state index contributed by atoms with van der Waals surface area (Å²) >= 11 is 0. The highest BCUT2D eigenvalue weighted by Gasteiger charge is 2.15. The molecule has 27 heavy (non-hydrogen) atoms. The van der Waals surface area contributed by atoms with Crippen molar-refractivity contribution in [1.29, 1.82) is 0 Å². The lowest BCUT2D eigenvalue weighted by atomic mass is 10.1. The lowest BCUT2D eigenvalue weighted by Crippen LogP contribution is -2.25. The van der Waals surface area contributed by atoms with Crippen molar-refractivity contribution in [2.45, 2.75) is 13.3 Å². The van der Waals surface area contributed by atoms with Gasteiger partial charge in [0.05, 0.1) is 0 Å². The number of aromatic amines is 1. The van der Waals surface area contributed by atoms with Gasteiger partial charge >= 0.3 is 0 Å². The molecule has 0 spiro atoms. The van der Waals surface area contributed by atoms with Gasteiger partial charge in [-0.25, -0.2) is 4.98 Å². The van der Waals surface area contributed by atoms with Crippen molar-refractivity contribution in [3.63, 3.8) is 0 Å². The van der Waals surface area contributed by atoms with Crippen molar-refractivity contribution < 1.29 is 14.0 Å². The van der Waals surface area contributed by atoms with Gasteiger partial charge in [-0.05, 0) is 31.2 Å². The maximum Gasteiger partial charge on any atom is 0.290 e. The summed E-state index contributed by atoms with van der Waals surface area (Å²) in [5.74, 6) is 1.86. The third-order valence-electron chi connectivity index (χ3n) is 3.95. The normalized spacial score (nSPS) is 10.6. The summed E-state index contributed by atoms with van der Waals surface area (Å²) in [5.41, 5.74) is 1.25. The largest absolute Gasteiger partial charge is 0.466 e. The topological polar surface area (TPSA) is 104 Å². The Hall–Kier alpha value is -3.42. The molecule has 0 unspecified atom stereocenters. The van der Waals surface area contributed by atoms with Crippen LogP contribution < -0.4 is 5.32 Å². The molecule has 1 aromatic carbocycles. The standard InChI is InChI=1S/C19H21N5O3/c1-12-4-9-15(27-12)10-11-20-18(25)14-7-5-13(6-8-14)16-21-17(23-22-16)19(26)24(2)3/h4-9H,10-11H2,1-3H3,(H,20,25)(H,21,22,23). The Bertz CT molecular complexity index is 940. The fourth-order valence-corrected chi connectivity index (χ4v) is 2.49. The molecule has 0 aliphatic rings. The molecule has 140 valence electrons. The van der Waals surface area contributed by atoms with Crippen LogP contribution in [0.4, 0.5) is 0 Å². The Kier molecular flexibility index (Phi) is 5.35. The highest BCUT2D eigenvalue weighted by atomic mass is 16.3. The number of hydrogen-bond acceptors (Lipinski definition) is 5. The molecule has 0 saturated heterocycles. The summed E-state index contributed by atoms with van der Waals surface area (Å²) in [4.78, 5) is 29.7. The van der Waals surface area contributed by atoms with Crippen LogP contribution in [0.25, 0.3) is 11.4 Å². The van der Waals surface area contributed by atoms with Crippen LogP contribution in [0.2, 0.25) is 0 Å². The zero-order chi connectivity index (χ0) is 19.4. The van der Waals surface area contributed by atoms with E-state index >= 15 is 0 Å². The van der Waals surface area contributed by atoms with Crippen LogP contribution in [0, 0.1) is 6.92 Å². The van der Waals surface area contributed by atoms with Crippen molar-refractivity contribution >= 4 is 11.8 Å². The van der Waals surface area contributed by atoms with E-state index in [1.54, 1.807) is 38.4 Å². The van der Waals surface area contributed by atoms with Crippen molar-refractivity contribution in [1.82, 2.24) is 25.4 Å². The van der Waals surface area contributed by atoms with Crippen LogP contribution in [-0.2, 0) is 6.42 Å². The van der Waals surface area contributed by atoms with E-state index in [1.165, 1.54) is 4.90 Å². The monoisotopic (exact) mass is 367 g/mol. The molecule has 8 nitrogen and oxygen atoms in total. The number of aromatic nitrogens is 3. The lowest BCUT2D eigenvalue weighted by molar-refractivity contribution is 0.0816. The summed E-state index contributed by atoms with van der Waals surface area (Å²) in [7, 11) is 3.29. The molecule has 2 N–H and O–H groups in total. The number of nitrogens with zero attached hydrogens (tertiary/aromatic N) is 3. The van der Waals surface area contributed by atoms with Gasteiger partial charge in [0.1, 0.15) is 11.5 Å². The number of hydrogen-bond donors (Lipinski definition) is 2. The average molecular weight is 367 g/mol. The zero-order valence-corrected chi connectivity index (χ0v) is 15.4. The Morgan fingerprint density at radius 2 is 1.89 bits per heavy atom. The molecule has 0 atom stereocenters. The first kappa shape index (κ1) is 18.4. The number of H-pyrrole nitrogens is 1. The molecule has 0 bridgehead atoms. The summed E-state index contributed by atoms with van der Waals surface area (Å²) in [5, 5.41) is 9.54. The van der Waals surface area contributed by atoms with Crippen LogP contribution in [-0.4, -0.2) is 52.5 Å². The smallest absolute Gasteiger partial charge is 0.290 e. The van der Waals surface area contributed by atoms with Gasteiger partial charge in [-0.15, -0.1) is 0 Å². The molecule has 0 aliphatic carbocycles. The van der Waals surface area contributed by atoms with E-state index in [-0.39, 0.29) is 17.6 Å². The molecule has 0 fully saturated rings.